The predicted molar refractivity (Wildman–Crippen MR) is 85.3 cm³/mol. The van der Waals surface area contributed by atoms with Gasteiger partial charge < -0.3 is 15.1 Å². The monoisotopic (exact) mass is 277 g/mol. The highest BCUT2D eigenvalue weighted by atomic mass is 15.2. The topological polar surface area (TPSA) is 24.3 Å². The zero-order valence-electron chi connectivity index (χ0n) is 13.6. The molecule has 0 saturated carbocycles. The number of nitrogens with zero attached hydrogens (tertiary/aromatic N) is 1. The highest BCUT2D eigenvalue weighted by molar-refractivity contribution is 5.51. The molecule has 0 unspecified atom stereocenters. The molecule has 1 atom stereocenters. The Labute approximate surface area is 124 Å². The number of anilines is 1. The van der Waals surface area contributed by atoms with Crippen molar-refractivity contribution >= 4 is 5.69 Å². The summed E-state index contributed by atoms with van der Waals surface area (Å²) in [7, 11) is 0. The van der Waals surface area contributed by atoms with Crippen LogP contribution in [0.3, 0.4) is 0 Å². The van der Waals surface area contributed by atoms with Crippen LogP contribution in [0.4, 0.5) is 5.69 Å². The standard InChI is InChI=1S/C17H29N3/c1-5-19(6-2)15-9-10-16-14(11-15)12-18-13-17(16)20(7-3)8-4/h9-11,17-18H,5-8,12-13H2,1-4H3/p+2/t17-/m0/s1. The highest BCUT2D eigenvalue weighted by Gasteiger charge is 2.30. The van der Waals surface area contributed by atoms with Crippen LogP contribution in [0.5, 0.6) is 0 Å². The van der Waals surface area contributed by atoms with Crippen molar-refractivity contribution in [2.75, 3.05) is 37.6 Å². The minimum atomic E-state index is 0.666. The Morgan fingerprint density at radius 1 is 1.15 bits per heavy atom. The van der Waals surface area contributed by atoms with E-state index in [4.69, 9.17) is 0 Å². The third kappa shape index (κ3) is 2.99. The molecule has 1 aromatic rings. The number of rotatable bonds is 6. The lowest BCUT2D eigenvalue weighted by molar-refractivity contribution is -0.945. The second-order valence-electron chi connectivity index (χ2n) is 5.70. The number of benzene rings is 1. The van der Waals surface area contributed by atoms with Crippen LogP contribution >= 0.6 is 0 Å². The first-order valence-electron chi connectivity index (χ1n) is 8.29. The number of quaternary nitrogens is 2. The van der Waals surface area contributed by atoms with Gasteiger partial charge in [-0.2, -0.15) is 0 Å². The molecule has 0 spiro atoms. The molecule has 0 aromatic heterocycles. The molecule has 3 heteroatoms. The SMILES string of the molecule is CCN(CC)c1ccc2c(c1)C[NH2+]C[C@@H]2[NH+](CC)CC. The fourth-order valence-electron chi connectivity index (χ4n) is 3.56. The maximum absolute atomic E-state index is 2.48. The fraction of sp³-hybridized carbons (Fsp3) is 0.647. The molecule has 1 aromatic carbocycles. The van der Waals surface area contributed by atoms with Crippen LogP contribution < -0.4 is 15.1 Å². The predicted octanol–water partition coefficient (Wildman–Crippen LogP) is 0.576. The van der Waals surface area contributed by atoms with Crippen LogP contribution in [0.1, 0.15) is 44.9 Å². The summed E-state index contributed by atoms with van der Waals surface area (Å²) in [4.78, 5) is 4.14. The Morgan fingerprint density at radius 3 is 2.45 bits per heavy atom. The minimum absolute atomic E-state index is 0.666. The summed E-state index contributed by atoms with van der Waals surface area (Å²) < 4.78 is 0. The molecular weight excluding hydrogens is 246 g/mol. The Morgan fingerprint density at radius 2 is 1.85 bits per heavy atom. The third-order valence-electron chi connectivity index (χ3n) is 4.80. The van der Waals surface area contributed by atoms with Gasteiger partial charge in [-0.25, -0.2) is 0 Å². The average Bonchev–Trinajstić information content (AvgIpc) is 2.49. The summed E-state index contributed by atoms with van der Waals surface area (Å²) in [6, 6.07) is 7.81. The van der Waals surface area contributed by atoms with E-state index in [9.17, 15) is 0 Å². The van der Waals surface area contributed by atoms with Crippen molar-refractivity contribution in [3.8, 4) is 0 Å². The molecule has 1 aliphatic rings. The van der Waals surface area contributed by atoms with Gasteiger partial charge in [0, 0.05) is 29.9 Å². The number of hydrogen-bond donors (Lipinski definition) is 2. The summed E-state index contributed by atoms with van der Waals surface area (Å²) in [6.45, 7) is 16.0. The number of nitrogens with one attached hydrogen (secondary N) is 1. The molecule has 0 fully saturated rings. The molecule has 1 aliphatic heterocycles. The molecule has 0 saturated heterocycles. The Bertz CT molecular complexity index is 422. The van der Waals surface area contributed by atoms with Crippen molar-refractivity contribution in [3.63, 3.8) is 0 Å². The molecule has 112 valence electrons. The number of hydrogen-bond acceptors (Lipinski definition) is 1. The van der Waals surface area contributed by atoms with Crippen molar-refractivity contribution in [2.24, 2.45) is 0 Å². The largest absolute Gasteiger partial charge is 0.372 e. The first kappa shape index (κ1) is 15.3. The summed E-state index contributed by atoms with van der Waals surface area (Å²) in [5.74, 6) is 0. The molecule has 2 rings (SSSR count). The summed E-state index contributed by atoms with van der Waals surface area (Å²) in [6.07, 6.45) is 0. The summed E-state index contributed by atoms with van der Waals surface area (Å²) in [5.41, 5.74) is 4.52. The quantitative estimate of drug-likeness (QED) is 0.781. The van der Waals surface area contributed by atoms with Crippen molar-refractivity contribution < 1.29 is 10.2 Å². The zero-order valence-corrected chi connectivity index (χ0v) is 13.6. The van der Waals surface area contributed by atoms with Crippen LogP contribution in [0, 0.1) is 0 Å². The Balaban J connectivity index is 2.30. The lowest BCUT2D eigenvalue weighted by Gasteiger charge is -2.31. The maximum Gasteiger partial charge on any atom is 0.163 e. The molecule has 1 heterocycles. The Kier molecular flexibility index (Phi) is 5.44. The molecule has 0 aliphatic carbocycles. The molecule has 3 nitrogen and oxygen atoms in total. The van der Waals surface area contributed by atoms with E-state index in [1.165, 1.54) is 25.3 Å². The van der Waals surface area contributed by atoms with Gasteiger partial charge in [0.05, 0.1) is 13.1 Å². The lowest BCUT2D eigenvalue weighted by atomic mass is 9.94. The van der Waals surface area contributed by atoms with E-state index < -0.39 is 0 Å². The van der Waals surface area contributed by atoms with Gasteiger partial charge in [0.1, 0.15) is 13.1 Å². The van der Waals surface area contributed by atoms with E-state index in [-0.39, 0.29) is 0 Å². The molecule has 20 heavy (non-hydrogen) atoms. The molecule has 0 bridgehead atoms. The van der Waals surface area contributed by atoms with Crippen molar-refractivity contribution in [3.05, 3.63) is 29.3 Å². The number of nitrogens with two attached hydrogens (primary N) is 1. The van der Waals surface area contributed by atoms with Gasteiger partial charge >= 0.3 is 0 Å². The van der Waals surface area contributed by atoms with E-state index in [0.29, 0.717) is 6.04 Å². The van der Waals surface area contributed by atoms with E-state index in [0.717, 1.165) is 19.6 Å². The maximum atomic E-state index is 2.48. The second kappa shape index (κ2) is 7.09. The lowest BCUT2D eigenvalue weighted by Crippen LogP contribution is -3.14. The van der Waals surface area contributed by atoms with Crippen LogP contribution in [-0.4, -0.2) is 32.7 Å². The molecule has 0 radical (unpaired) electrons. The van der Waals surface area contributed by atoms with E-state index in [1.54, 1.807) is 16.0 Å². The van der Waals surface area contributed by atoms with Gasteiger partial charge in [0.2, 0.25) is 0 Å². The van der Waals surface area contributed by atoms with Gasteiger partial charge in [-0.3, -0.25) is 0 Å². The van der Waals surface area contributed by atoms with Crippen molar-refractivity contribution in [1.29, 1.82) is 0 Å². The smallest absolute Gasteiger partial charge is 0.163 e. The molecule has 0 amide bonds. The second-order valence-corrected chi connectivity index (χ2v) is 5.70. The van der Waals surface area contributed by atoms with E-state index in [1.807, 2.05) is 0 Å². The van der Waals surface area contributed by atoms with E-state index >= 15 is 0 Å². The first-order chi connectivity index (χ1) is 9.74. The third-order valence-corrected chi connectivity index (χ3v) is 4.80. The normalized spacial score (nSPS) is 18.1. The average molecular weight is 277 g/mol. The van der Waals surface area contributed by atoms with Crippen LogP contribution in [0.25, 0.3) is 0 Å². The van der Waals surface area contributed by atoms with Crippen LogP contribution in [0.15, 0.2) is 18.2 Å². The summed E-state index contributed by atoms with van der Waals surface area (Å²) in [5, 5.41) is 2.48. The van der Waals surface area contributed by atoms with Gasteiger partial charge in [-0.05, 0) is 39.8 Å². The van der Waals surface area contributed by atoms with Crippen molar-refractivity contribution in [2.45, 2.75) is 40.3 Å². The Hall–Kier alpha value is -1.06. The van der Waals surface area contributed by atoms with Gasteiger partial charge in [0.15, 0.2) is 6.04 Å². The summed E-state index contributed by atoms with van der Waals surface area (Å²) >= 11 is 0. The van der Waals surface area contributed by atoms with E-state index in [2.05, 4.69) is 56.1 Å². The first-order valence-corrected chi connectivity index (χ1v) is 8.29. The minimum Gasteiger partial charge on any atom is -0.372 e. The van der Waals surface area contributed by atoms with Crippen molar-refractivity contribution in [1.82, 2.24) is 0 Å². The van der Waals surface area contributed by atoms with Gasteiger partial charge in [-0.1, -0.05) is 6.07 Å². The number of fused-ring (bicyclic) bond motifs is 1. The zero-order chi connectivity index (χ0) is 14.5. The van der Waals surface area contributed by atoms with Crippen LogP contribution in [0.2, 0.25) is 0 Å². The highest BCUT2D eigenvalue weighted by Crippen LogP contribution is 2.24. The van der Waals surface area contributed by atoms with Crippen LogP contribution in [-0.2, 0) is 6.54 Å². The van der Waals surface area contributed by atoms with Gasteiger partial charge in [-0.15, -0.1) is 0 Å². The van der Waals surface area contributed by atoms with Gasteiger partial charge in [0.25, 0.3) is 0 Å². The number of likely N-dealkylation sites (N-methyl/N-ethyl adjacent to an activating group) is 1. The molecular formula is C17H31N3+2. The fourth-order valence-corrected chi connectivity index (χ4v) is 3.56. The molecule has 3 N–H and O–H groups in total.